The van der Waals surface area contributed by atoms with E-state index in [0.29, 0.717) is 21.6 Å². The SMILES string of the molecule is COC(=O)Cn1c(=NC(=O)C=Cc2cccc([N+](=O)[O-])c2)sc2cccc(OC)c21. The maximum atomic E-state index is 12.4. The summed E-state index contributed by atoms with van der Waals surface area (Å²) < 4.78 is 12.5. The normalized spacial score (nSPS) is 11.7. The molecule has 0 saturated carbocycles. The molecule has 1 aromatic heterocycles. The first kappa shape index (κ1) is 20.9. The molecular formula is C20H17N3O6S. The quantitative estimate of drug-likeness (QED) is 0.259. The summed E-state index contributed by atoms with van der Waals surface area (Å²) in [5, 5.41) is 10.9. The highest BCUT2D eigenvalue weighted by Crippen LogP contribution is 2.27. The molecule has 3 aromatic rings. The Hall–Kier alpha value is -3.79. The van der Waals surface area contributed by atoms with E-state index in [4.69, 9.17) is 9.47 Å². The van der Waals surface area contributed by atoms with E-state index in [0.717, 1.165) is 4.70 Å². The second-order valence-corrected chi connectivity index (χ2v) is 7.00. The average molecular weight is 427 g/mol. The van der Waals surface area contributed by atoms with Crippen molar-refractivity contribution >= 4 is 45.2 Å². The third-order valence-electron chi connectivity index (χ3n) is 4.10. The van der Waals surface area contributed by atoms with E-state index in [-0.39, 0.29) is 12.2 Å². The standard InChI is InChI=1S/C20H17N3O6S/c1-28-15-7-4-8-16-19(15)22(12-18(25)29-2)20(30-16)21-17(24)10-9-13-5-3-6-14(11-13)23(26)27/h3-11H,12H2,1-2H3. The highest BCUT2D eigenvalue weighted by Gasteiger charge is 2.15. The Morgan fingerprint density at radius 1 is 1.23 bits per heavy atom. The molecule has 0 bridgehead atoms. The Kier molecular flexibility index (Phi) is 6.38. The number of methoxy groups -OCH3 is 2. The predicted octanol–water partition coefficient (Wildman–Crippen LogP) is 2.93. The fraction of sp³-hybridized carbons (Fsp3) is 0.150. The van der Waals surface area contributed by atoms with Gasteiger partial charge in [0.1, 0.15) is 17.8 Å². The minimum atomic E-state index is -0.578. The van der Waals surface area contributed by atoms with Crippen LogP contribution in [-0.2, 0) is 20.9 Å². The first-order valence-corrected chi connectivity index (χ1v) is 9.49. The van der Waals surface area contributed by atoms with Gasteiger partial charge in [-0.25, -0.2) is 0 Å². The van der Waals surface area contributed by atoms with E-state index in [1.807, 2.05) is 6.07 Å². The minimum Gasteiger partial charge on any atom is -0.495 e. The van der Waals surface area contributed by atoms with Gasteiger partial charge in [0.25, 0.3) is 11.6 Å². The molecule has 2 aromatic carbocycles. The van der Waals surface area contributed by atoms with Gasteiger partial charge in [-0.15, -0.1) is 0 Å². The summed E-state index contributed by atoms with van der Waals surface area (Å²) in [7, 11) is 2.79. The monoisotopic (exact) mass is 427 g/mol. The zero-order valence-corrected chi connectivity index (χ0v) is 16.9. The summed E-state index contributed by atoms with van der Waals surface area (Å²) in [5.41, 5.74) is 1.05. The van der Waals surface area contributed by atoms with Gasteiger partial charge in [-0.1, -0.05) is 29.5 Å². The van der Waals surface area contributed by atoms with Crippen LogP contribution in [0.4, 0.5) is 5.69 Å². The number of nitro benzene ring substituents is 1. The average Bonchev–Trinajstić information content (AvgIpc) is 3.09. The molecule has 0 unspecified atom stereocenters. The van der Waals surface area contributed by atoms with Gasteiger partial charge in [0.05, 0.1) is 23.8 Å². The van der Waals surface area contributed by atoms with Crippen LogP contribution in [0.3, 0.4) is 0 Å². The number of rotatable bonds is 6. The van der Waals surface area contributed by atoms with Crippen LogP contribution in [0.15, 0.2) is 53.5 Å². The van der Waals surface area contributed by atoms with Gasteiger partial charge >= 0.3 is 5.97 Å². The van der Waals surface area contributed by atoms with Crippen LogP contribution in [0, 0.1) is 10.1 Å². The Balaban J connectivity index is 2.01. The number of ether oxygens (including phenoxy) is 2. The Morgan fingerprint density at radius 3 is 2.70 bits per heavy atom. The second kappa shape index (κ2) is 9.14. The van der Waals surface area contributed by atoms with Gasteiger partial charge in [-0.2, -0.15) is 4.99 Å². The van der Waals surface area contributed by atoms with Crippen LogP contribution in [-0.4, -0.2) is 35.6 Å². The second-order valence-electron chi connectivity index (χ2n) is 5.99. The molecule has 0 spiro atoms. The number of carbonyl (C=O) groups excluding carboxylic acids is 2. The van der Waals surface area contributed by atoms with Gasteiger partial charge in [0.15, 0.2) is 4.80 Å². The van der Waals surface area contributed by atoms with Crippen molar-refractivity contribution in [3.8, 4) is 5.75 Å². The van der Waals surface area contributed by atoms with Crippen molar-refractivity contribution in [1.82, 2.24) is 4.57 Å². The molecule has 30 heavy (non-hydrogen) atoms. The fourth-order valence-corrected chi connectivity index (χ4v) is 3.78. The van der Waals surface area contributed by atoms with Crippen molar-refractivity contribution in [2.75, 3.05) is 14.2 Å². The number of esters is 1. The maximum absolute atomic E-state index is 12.4. The molecule has 1 heterocycles. The number of aromatic nitrogens is 1. The van der Waals surface area contributed by atoms with Gasteiger partial charge in [-0.05, 0) is 23.8 Å². The smallest absolute Gasteiger partial charge is 0.325 e. The van der Waals surface area contributed by atoms with Crippen LogP contribution < -0.4 is 9.54 Å². The van der Waals surface area contributed by atoms with Crippen molar-refractivity contribution in [3.05, 3.63) is 69.0 Å². The maximum Gasteiger partial charge on any atom is 0.325 e. The molecule has 0 aliphatic rings. The predicted molar refractivity (Wildman–Crippen MR) is 111 cm³/mol. The number of thiazole rings is 1. The molecule has 9 nitrogen and oxygen atoms in total. The number of carbonyl (C=O) groups is 2. The molecule has 154 valence electrons. The van der Waals surface area contributed by atoms with Crippen LogP contribution in [0.25, 0.3) is 16.3 Å². The summed E-state index contributed by atoms with van der Waals surface area (Å²) in [5.74, 6) is -0.541. The molecule has 10 heteroatoms. The van der Waals surface area contributed by atoms with Gasteiger partial charge in [0, 0.05) is 18.2 Å². The molecule has 0 saturated heterocycles. The number of nitro groups is 1. The molecule has 0 aliphatic carbocycles. The third kappa shape index (κ3) is 4.61. The van der Waals surface area contributed by atoms with E-state index in [1.165, 1.54) is 55.9 Å². The van der Waals surface area contributed by atoms with Gasteiger partial charge in [0.2, 0.25) is 0 Å². The Labute approximate surface area is 174 Å². The first-order valence-electron chi connectivity index (χ1n) is 8.67. The third-order valence-corrected chi connectivity index (χ3v) is 5.15. The summed E-state index contributed by atoms with van der Waals surface area (Å²) in [4.78, 5) is 39.0. The summed E-state index contributed by atoms with van der Waals surface area (Å²) >= 11 is 1.23. The van der Waals surface area contributed by atoms with Crippen molar-refractivity contribution in [3.63, 3.8) is 0 Å². The lowest BCUT2D eigenvalue weighted by Crippen LogP contribution is -2.22. The number of para-hydroxylation sites is 1. The zero-order chi connectivity index (χ0) is 21.7. The van der Waals surface area contributed by atoms with Crippen molar-refractivity contribution < 1.29 is 24.0 Å². The van der Waals surface area contributed by atoms with Crippen molar-refractivity contribution in [2.45, 2.75) is 6.54 Å². The van der Waals surface area contributed by atoms with Crippen LogP contribution in [0.2, 0.25) is 0 Å². The number of fused-ring (bicyclic) bond motifs is 1. The Bertz CT molecular complexity index is 1220. The van der Waals surface area contributed by atoms with Crippen LogP contribution in [0.1, 0.15) is 5.56 Å². The minimum absolute atomic E-state index is 0.0749. The summed E-state index contributed by atoms with van der Waals surface area (Å²) in [6.07, 6.45) is 2.65. The van der Waals surface area contributed by atoms with Crippen molar-refractivity contribution in [1.29, 1.82) is 0 Å². The van der Waals surface area contributed by atoms with Crippen LogP contribution >= 0.6 is 11.3 Å². The number of hydrogen-bond acceptors (Lipinski definition) is 7. The molecule has 0 aliphatic heterocycles. The molecule has 1 amide bonds. The topological polar surface area (TPSA) is 113 Å². The highest BCUT2D eigenvalue weighted by molar-refractivity contribution is 7.16. The Morgan fingerprint density at radius 2 is 2.00 bits per heavy atom. The van der Waals surface area contributed by atoms with Crippen LogP contribution in [0.5, 0.6) is 5.75 Å². The zero-order valence-electron chi connectivity index (χ0n) is 16.1. The largest absolute Gasteiger partial charge is 0.495 e. The lowest BCUT2D eigenvalue weighted by Gasteiger charge is -2.07. The number of non-ortho nitro benzene ring substituents is 1. The molecule has 0 radical (unpaired) electrons. The molecule has 0 atom stereocenters. The summed E-state index contributed by atoms with van der Waals surface area (Å²) in [6.45, 7) is -0.141. The lowest BCUT2D eigenvalue weighted by atomic mass is 10.2. The summed E-state index contributed by atoms with van der Waals surface area (Å²) in [6, 6.07) is 11.3. The number of hydrogen-bond donors (Lipinski definition) is 0. The van der Waals surface area contributed by atoms with E-state index in [2.05, 4.69) is 4.99 Å². The molecular weight excluding hydrogens is 410 g/mol. The lowest BCUT2D eigenvalue weighted by molar-refractivity contribution is -0.384. The number of amides is 1. The van der Waals surface area contributed by atoms with E-state index in [9.17, 15) is 19.7 Å². The molecule has 0 fully saturated rings. The fourth-order valence-electron chi connectivity index (χ4n) is 2.73. The first-order chi connectivity index (χ1) is 14.4. The number of nitrogens with zero attached hydrogens (tertiary/aromatic N) is 3. The highest BCUT2D eigenvalue weighted by atomic mass is 32.1. The molecule has 0 N–H and O–H groups in total. The van der Waals surface area contributed by atoms with Gasteiger partial charge in [-0.3, -0.25) is 19.7 Å². The van der Waals surface area contributed by atoms with E-state index < -0.39 is 16.8 Å². The molecule has 3 rings (SSSR count). The van der Waals surface area contributed by atoms with E-state index >= 15 is 0 Å². The number of benzene rings is 2. The van der Waals surface area contributed by atoms with Crippen molar-refractivity contribution in [2.24, 2.45) is 4.99 Å². The van der Waals surface area contributed by atoms with Gasteiger partial charge < -0.3 is 14.0 Å². The van der Waals surface area contributed by atoms with E-state index in [1.54, 1.807) is 22.8 Å².